The molecule has 4 rings (SSSR count). The first-order valence-corrected chi connectivity index (χ1v) is 13.2. The van der Waals surface area contributed by atoms with E-state index in [9.17, 15) is 27.6 Å². The Kier molecular flexibility index (Phi) is 8.74. The number of benzene rings is 2. The second-order valence-electron chi connectivity index (χ2n) is 9.73. The number of nitrogens with zero attached hydrogens (tertiary/aromatic N) is 3. The SMILES string of the molecule is CCOC(=O)C1=C(CN2CCN(C(=O)c3ccc(Cl)cc3)[C@H](C)C2)N(C)C(=O)N[C@H]1c1ccc(C(F)(F)F)cc1. The second-order valence-corrected chi connectivity index (χ2v) is 10.2. The molecule has 2 atom stereocenters. The van der Waals surface area contributed by atoms with E-state index in [0.717, 1.165) is 12.1 Å². The molecule has 2 aliphatic heterocycles. The quantitative estimate of drug-likeness (QED) is 0.502. The summed E-state index contributed by atoms with van der Waals surface area (Å²) >= 11 is 5.95. The van der Waals surface area contributed by atoms with Crippen molar-refractivity contribution in [1.29, 1.82) is 0 Å². The van der Waals surface area contributed by atoms with Crippen molar-refractivity contribution in [2.24, 2.45) is 0 Å². The van der Waals surface area contributed by atoms with Gasteiger partial charge in [0.2, 0.25) is 0 Å². The Balaban J connectivity index is 1.60. The molecule has 2 aromatic carbocycles. The van der Waals surface area contributed by atoms with Gasteiger partial charge in [0, 0.05) is 55.6 Å². The fourth-order valence-corrected chi connectivity index (χ4v) is 5.09. The summed E-state index contributed by atoms with van der Waals surface area (Å²) in [5.41, 5.74) is 0.548. The first-order chi connectivity index (χ1) is 18.9. The molecule has 0 aromatic heterocycles. The molecule has 3 amide bonds. The van der Waals surface area contributed by atoms with Crippen molar-refractivity contribution in [1.82, 2.24) is 20.0 Å². The maximum Gasteiger partial charge on any atom is 0.416 e. The maximum atomic E-state index is 13.2. The topological polar surface area (TPSA) is 82.2 Å². The van der Waals surface area contributed by atoms with Crippen LogP contribution < -0.4 is 5.32 Å². The molecular weight excluding hydrogens is 549 g/mol. The molecule has 2 aliphatic rings. The number of piperazine rings is 1. The van der Waals surface area contributed by atoms with Crippen LogP contribution in [0, 0.1) is 0 Å². The third kappa shape index (κ3) is 6.26. The number of halogens is 4. The van der Waals surface area contributed by atoms with Gasteiger partial charge < -0.3 is 15.0 Å². The molecular formula is C28H30ClF3N4O4. The van der Waals surface area contributed by atoms with Gasteiger partial charge in [-0.25, -0.2) is 9.59 Å². The number of ether oxygens (including phenoxy) is 1. The molecule has 40 heavy (non-hydrogen) atoms. The average molecular weight is 579 g/mol. The van der Waals surface area contributed by atoms with E-state index < -0.39 is 29.8 Å². The van der Waals surface area contributed by atoms with E-state index in [1.54, 1.807) is 36.1 Å². The summed E-state index contributed by atoms with van der Waals surface area (Å²) in [5.74, 6) is -0.786. The van der Waals surface area contributed by atoms with Gasteiger partial charge in [-0.2, -0.15) is 13.2 Å². The molecule has 214 valence electrons. The Morgan fingerprint density at radius 3 is 2.30 bits per heavy atom. The van der Waals surface area contributed by atoms with E-state index in [-0.39, 0.29) is 30.7 Å². The van der Waals surface area contributed by atoms with Crippen molar-refractivity contribution in [3.05, 3.63) is 81.5 Å². The molecule has 0 saturated carbocycles. The smallest absolute Gasteiger partial charge is 0.416 e. The van der Waals surface area contributed by atoms with Crippen molar-refractivity contribution in [2.45, 2.75) is 32.1 Å². The first kappa shape index (κ1) is 29.4. The number of likely N-dealkylation sites (N-methyl/N-ethyl adjacent to an activating group) is 1. The van der Waals surface area contributed by atoms with Gasteiger partial charge in [-0.1, -0.05) is 23.7 Å². The van der Waals surface area contributed by atoms with Crippen molar-refractivity contribution < 1.29 is 32.3 Å². The van der Waals surface area contributed by atoms with E-state index >= 15 is 0 Å². The molecule has 12 heteroatoms. The Labute approximate surface area is 235 Å². The lowest BCUT2D eigenvalue weighted by molar-refractivity contribution is -0.139. The maximum absolute atomic E-state index is 13.2. The van der Waals surface area contributed by atoms with Gasteiger partial charge in [0.25, 0.3) is 5.91 Å². The van der Waals surface area contributed by atoms with Gasteiger partial charge in [-0.15, -0.1) is 0 Å². The number of carbonyl (C=O) groups is 3. The van der Waals surface area contributed by atoms with Gasteiger partial charge in [0.05, 0.1) is 23.8 Å². The van der Waals surface area contributed by atoms with Crippen molar-refractivity contribution in [3.8, 4) is 0 Å². The highest BCUT2D eigenvalue weighted by Crippen LogP contribution is 2.34. The summed E-state index contributed by atoms with van der Waals surface area (Å²) in [6.45, 7) is 5.21. The predicted octanol–water partition coefficient (Wildman–Crippen LogP) is 4.72. The predicted molar refractivity (Wildman–Crippen MR) is 143 cm³/mol. The van der Waals surface area contributed by atoms with Crippen molar-refractivity contribution >= 4 is 29.5 Å². The van der Waals surface area contributed by atoms with Crippen LogP contribution in [0.3, 0.4) is 0 Å². The Hall–Kier alpha value is -3.57. The van der Waals surface area contributed by atoms with Crippen LogP contribution in [0.1, 0.15) is 41.4 Å². The number of hydrogen-bond donors (Lipinski definition) is 1. The van der Waals surface area contributed by atoms with E-state index in [1.165, 1.54) is 24.1 Å². The van der Waals surface area contributed by atoms with E-state index in [0.29, 0.717) is 41.5 Å². The average Bonchev–Trinajstić information content (AvgIpc) is 2.91. The van der Waals surface area contributed by atoms with Crippen LogP contribution in [0.4, 0.5) is 18.0 Å². The third-order valence-corrected chi connectivity index (χ3v) is 7.33. The summed E-state index contributed by atoms with van der Waals surface area (Å²) in [6.07, 6.45) is -4.52. The first-order valence-electron chi connectivity index (χ1n) is 12.8. The van der Waals surface area contributed by atoms with Crippen molar-refractivity contribution in [3.63, 3.8) is 0 Å². The normalized spacial score (nSPS) is 20.4. The minimum Gasteiger partial charge on any atom is -0.463 e. The molecule has 0 bridgehead atoms. The highest BCUT2D eigenvalue weighted by molar-refractivity contribution is 6.30. The summed E-state index contributed by atoms with van der Waals surface area (Å²) in [7, 11) is 1.52. The minimum atomic E-state index is -4.52. The van der Waals surface area contributed by atoms with Crippen LogP contribution in [0.2, 0.25) is 5.02 Å². The number of esters is 1. The number of carbonyl (C=O) groups excluding carboxylic acids is 3. The van der Waals surface area contributed by atoms with Gasteiger partial charge in [-0.3, -0.25) is 14.6 Å². The van der Waals surface area contributed by atoms with Gasteiger partial charge in [0.15, 0.2) is 0 Å². The number of alkyl halides is 3. The Morgan fingerprint density at radius 2 is 1.73 bits per heavy atom. The highest BCUT2D eigenvalue weighted by atomic mass is 35.5. The van der Waals surface area contributed by atoms with E-state index in [1.807, 2.05) is 11.8 Å². The van der Waals surface area contributed by atoms with Crippen LogP contribution in [0.15, 0.2) is 59.8 Å². The minimum absolute atomic E-state index is 0.0789. The molecule has 0 radical (unpaired) electrons. The number of nitrogens with one attached hydrogen (secondary N) is 1. The molecule has 2 aromatic rings. The molecule has 1 N–H and O–H groups in total. The highest BCUT2D eigenvalue weighted by Gasteiger charge is 2.39. The summed E-state index contributed by atoms with van der Waals surface area (Å²) < 4.78 is 44.7. The standard InChI is InChI=1S/C28H30ClF3N4O4/c1-4-40-26(38)23-22(34(3)27(39)33-24(23)18-5-9-20(10-6-18)28(30,31)32)16-35-13-14-36(17(2)15-35)25(37)19-7-11-21(29)12-8-19/h5-12,17,24H,4,13-16H2,1-3H3,(H,33,39)/t17-,24+/m1/s1. The largest absolute Gasteiger partial charge is 0.463 e. The molecule has 2 heterocycles. The van der Waals surface area contributed by atoms with Gasteiger partial charge >= 0.3 is 18.2 Å². The van der Waals surface area contributed by atoms with Gasteiger partial charge in [0.1, 0.15) is 0 Å². The molecule has 0 spiro atoms. The summed E-state index contributed by atoms with van der Waals surface area (Å²) in [4.78, 5) is 44.3. The molecule has 0 aliphatic carbocycles. The van der Waals surface area contributed by atoms with Crippen molar-refractivity contribution in [2.75, 3.05) is 39.8 Å². The zero-order valence-electron chi connectivity index (χ0n) is 22.3. The van der Waals surface area contributed by atoms with Crippen LogP contribution in [0.5, 0.6) is 0 Å². The summed E-state index contributed by atoms with van der Waals surface area (Å²) in [5, 5.41) is 3.25. The number of rotatable bonds is 6. The lowest BCUT2D eigenvalue weighted by atomic mass is 9.93. The van der Waals surface area contributed by atoms with Gasteiger partial charge in [-0.05, 0) is 55.8 Å². The monoisotopic (exact) mass is 578 g/mol. The lowest BCUT2D eigenvalue weighted by Crippen LogP contribution is -2.56. The van der Waals surface area contributed by atoms with E-state index in [2.05, 4.69) is 5.32 Å². The van der Waals surface area contributed by atoms with Crippen LogP contribution >= 0.6 is 11.6 Å². The van der Waals surface area contributed by atoms with Crippen LogP contribution in [-0.2, 0) is 15.7 Å². The fraction of sp³-hybridized carbons (Fsp3) is 0.393. The second kappa shape index (κ2) is 11.9. The molecule has 1 fully saturated rings. The molecule has 1 saturated heterocycles. The Morgan fingerprint density at radius 1 is 1.07 bits per heavy atom. The zero-order chi connectivity index (χ0) is 29.2. The third-order valence-electron chi connectivity index (χ3n) is 7.08. The number of hydrogen-bond acceptors (Lipinski definition) is 5. The number of amides is 3. The number of urea groups is 1. The Bertz CT molecular complexity index is 1300. The molecule has 0 unspecified atom stereocenters. The zero-order valence-corrected chi connectivity index (χ0v) is 23.1. The molecule has 8 nitrogen and oxygen atoms in total. The van der Waals surface area contributed by atoms with Crippen LogP contribution in [0.25, 0.3) is 0 Å². The fourth-order valence-electron chi connectivity index (χ4n) is 4.96. The lowest BCUT2D eigenvalue weighted by Gasteiger charge is -2.42. The van der Waals surface area contributed by atoms with E-state index in [4.69, 9.17) is 16.3 Å². The summed E-state index contributed by atoms with van der Waals surface area (Å²) in [6, 6.07) is 9.35. The van der Waals surface area contributed by atoms with Crippen LogP contribution in [-0.4, -0.2) is 78.5 Å².